The van der Waals surface area contributed by atoms with Crippen molar-refractivity contribution >= 4 is 62.6 Å². The Morgan fingerprint density at radius 1 is 0.933 bits per heavy atom. The van der Waals surface area contributed by atoms with Gasteiger partial charge >= 0.3 is 6.18 Å². The van der Waals surface area contributed by atoms with E-state index < -0.39 is 63.1 Å². The van der Waals surface area contributed by atoms with Crippen LogP contribution in [0.15, 0.2) is 55.0 Å². The smallest absolute Gasteiger partial charge is 0.371 e. The van der Waals surface area contributed by atoms with Gasteiger partial charge < -0.3 is 15.5 Å². The van der Waals surface area contributed by atoms with Crippen molar-refractivity contribution in [2.24, 2.45) is 0 Å². The molecule has 17 nitrogen and oxygen atoms in total. The number of piperidine rings is 2. The third-order valence-electron chi connectivity index (χ3n) is 10.7. The summed E-state index contributed by atoms with van der Waals surface area (Å²) in [6.45, 7) is 1.15. The lowest BCUT2D eigenvalue weighted by molar-refractivity contribution is -0.138. The number of amides is 4. The molecule has 0 aliphatic carbocycles. The average Bonchev–Trinajstić information content (AvgIpc) is 3.43. The molecule has 3 aliphatic rings. The highest BCUT2D eigenvalue weighted by Gasteiger charge is 2.45. The van der Waals surface area contributed by atoms with Gasteiger partial charge in [-0.3, -0.25) is 43.6 Å². The van der Waals surface area contributed by atoms with Crippen LogP contribution in [-0.2, 0) is 38.9 Å². The van der Waals surface area contributed by atoms with Crippen LogP contribution < -0.4 is 25.2 Å². The monoisotopic (exact) mass is 853 g/mol. The minimum Gasteiger partial charge on any atom is -0.371 e. The molecule has 0 spiro atoms. The van der Waals surface area contributed by atoms with Gasteiger partial charge in [0.05, 0.1) is 23.9 Å². The normalized spacial score (nSPS) is 17.6. The van der Waals surface area contributed by atoms with Crippen molar-refractivity contribution in [2.45, 2.75) is 57.0 Å². The van der Waals surface area contributed by atoms with E-state index in [0.29, 0.717) is 25.0 Å². The van der Waals surface area contributed by atoms with Crippen molar-refractivity contribution in [3.63, 3.8) is 0 Å². The van der Waals surface area contributed by atoms with E-state index in [1.165, 1.54) is 25.5 Å². The number of alkyl halides is 3. The number of benzene rings is 2. The predicted octanol–water partition coefficient (Wildman–Crippen LogP) is 3.68. The number of nitrogens with zero attached hydrogens (tertiary/aromatic N) is 8. The molecule has 1 atom stereocenters. The lowest BCUT2D eigenvalue weighted by Gasteiger charge is -2.38. The van der Waals surface area contributed by atoms with E-state index in [1.807, 2.05) is 24.1 Å². The Labute approximate surface area is 341 Å². The van der Waals surface area contributed by atoms with Gasteiger partial charge in [0.15, 0.2) is 5.82 Å². The first-order valence-electron chi connectivity index (χ1n) is 18.7. The first-order valence-corrected chi connectivity index (χ1v) is 20.5. The second kappa shape index (κ2) is 16.4. The van der Waals surface area contributed by atoms with E-state index in [4.69, 9.17) is 0 Å². The molecule has 7 rings (SSSR count). The predicted molar refractivity (Wildman–Crippen MR) is 209 cm³/mol. The molecule has 3 N–H and O–H groups in total. The maximum absolute atomic E-state index is 15.4. The van der Waals surface area contributed by atoms with E-state index >= 15 is 4.39 Å². The van der Waals surface area contributed by atoms with Crippen LogP contribution in [0.4, 0.5) is 46.5 Å². The molecule has 0 saturated carbocycles. The number of anilines is 5. The van der Waals surface area contributed by atoms with E-state index in [9.17, 15) is 40.8 Å². The van der Waals surface area contributed by atoms with Crippen LogP contribution in [0.5, 0.6) is 0 Å². The molecule has 22 heteroatoms. The van der Waals surface area contributed by atoms with E-state index in [0.717, 1.165) is 40.1 Å². The largest absolute Gasteiger partial charge is 0.421 e. The quantitative estimate of drug-likeness (QED) is 0.138. The molecule has 4 amide bonds. The molecular formula is C38H39F4N11O6S. The van der Waals surface area contributed by atoms with Gasteiger partial charge in [-0.1, -0.05) is 0 Å². The Morgan fingerprint density at radius 3 is 2.25 bits per heavy atom. The summed E-state index contributed by atoms with van der Waals surface area (Å²) >= 11 is 0. The van der Waals surface area contributed by atoms with Crippen molar-refractivity contribution in [3.8, 4) is 0 Å². The summed E-state index contributed by atoms with van der Waals surface area (Å²) in [5, 5.41) is 7.67. The summed E-state index contributed by atoms with van der Waals surface area (Å²) in [5.41, 5.74) is 0.447. The van der Waals surface area contributed by atoms with Gasteiger partial charge in [-0.05, 0) is 62.7 Å². The lowest BCUT2D eigenvalue weighted by Crippen LogP contribution is -2.54. The topological polar surface area (TPSA) is 203 Å². The molecule has 5 heterocycles. The Morgan fingerprint density at radius 2 is 1.60 bits per heavy atom. The zero-order chi connectivity index (χ0) is 43.1. The third-order valence-corrected chi connectivity index (χ3v) is 11.8. The number of aromatic nitrogens is 4. The molecule has 316 valence electrons. The zero-order valence-electron chi connectivity index (χ0n) is 32.5. The maximum atomic E-state index is 15.4. The highest BCUT2D eigenvalue weighted by molar-refractivity contribution is 7.92. The highest BCUT2D eigenvalue weighted by Crippen LogP contribution is 2.35. The zero-order valence-corrected chi connectivity index (χ0v) is 33.3. The van der Waals surface area contributed by atoms with Gasteiger partial charge in [0, 0.05) is 74.7 Å². The molecule has 2 fully saturated rings. The number of carbonyl (C=O) groups is 4. The SMILES string of the molecule is CN(Cc1cc2c(cc1F)C(=O)N(C1CCC(=O)NC1=O)C2=O)C1CCN(c2ccc(Nc3ncc(C(F)(F)F)c(NCc4nccnc4N(C)S(C)(=O)=O)n3)cc2)CC1. The minimum absolute atomic E-state index is 0.00372. The summed E-state index contributed by atoms with van der Waals surface area (Å²) in [7, 11) is -0.627. The lowest BCUT2D eigenvalue weighted by atomic mass is 10.0. The number of fused-ring (bicyclic) bond motifs is 1. The van der Waals surface area contributed by atoms with Crippen molar-refractivity contribution in [1.29, 1.82) is 0 Å². The molecule has 2 aromatic carbocycles. The number of halogens is 4. The van der Waals surface area contributed by atoms with Crippen molar-refractivity contribution in [1.82, 2.24) is 35.1 Å². The fraction of sp³-hybridized carbons (Fsp3) is 0.368. The van der Waals surface area contributed by atoms with Crippen molar-refractivity contribution < 1.29 is 45.2 Å². The number of nitrogens with one attached hydrogen (secondary N) is 3. The summed E-state index contributed by atoms with van der Waals surface area (Å²) < 4.78 is 82.2. The van der Waals surface area contributed by atoms with Gasteiger partial charge in [-0.25, -0.2) is 22.8 Å². The van der Waals surface area contributed by atoms with Crippen molar-refractivity contribution in [2.75, 3.05) is 53.3 Å². The first-order chi connectivity index (χ1) is 28.4. The van der Waals surface area contributed by atoms with Crippen LogP contribution in [0.3, 0.4) is 0 Å². The summed E-state index contributed by atoms with van der Waals surface area (Å²) in [6.07, 6.45) is 0.769. The van der Waals surface area contributed by atoms with Gasteiger partial charge in [0.1, 0.15) is 28.9 Å². The van der Waals surface area contributed by atoms with Crippen LogP contribution in [0.25, 0.3) is 0 Å². The van der Waals surface area contributed by atoms with Crippen LogP contribution in [0.1, 0.15) is 63.2 Å². The Hall–Kier alpha value is -6.29. The number of sulfonamides is 1. The second-order valence-corrected chi connectivity index (χ2v) is 16.6. The van der Waals surface area contributed by atoms with Crippen molar-refractivity contribution in [3.05, 3.63) is 88.8 Å². The number of hydrogen-bond acceptors (Lipinski definition) is 14. The van der Waals surface area contributed by atoms with Crippen LogP contribution in [-0.4, -0.2) is 107 Å². The van der Waals surface area contributed by atoms with Gasteiger partial charge in [0.25, 0.3) is 11.8 Å². The van der Waals surface area contributed by atoms with Crippen LogP contribution in [0, 0.1) is 5.82 Å². The van der Waals surface area contributed by atoms with E-state index in [1.54, 1.807) is 12.1 Å². The van der Waals surface area contributed by atoms with E-state index in [-0.39, 0.29) is 66.1 Å². The molecule has 4 aromatic rings. The standard InChI is InChI=1S/C38H39F4N11O6S/c1-50(20-21-16-25-26(17-28(21)39)36(57)53(35(25)56)30-8-9-31(54)48-34(30)55)23-10-14-52(15-11-23)24-6-4-22(5-7-24)47-37-46-18-27(38(40,41)42)32(49-37)45-19-29-33(44-13-12-43-29)51(2)60(3,58)59/h4-7,12-13,16-18,23,30H,8-11,14-15,19-20H2,1-3H3,(H,48,54,55)(H2,45,46,47,49). The molecule has 2 aromatic heterocycles. The number of rotatable bonds is 12. The van der Waals surface area contributed by atoms with Crippen LogP contribution >= 0.6 is 0 Å². The van der Waals surface area contributed by atoms with Gasteiger partial charge in [-0.15, -0.1) is 0 Å². The fourth-order valence-corrected chi connectivity index (χ4v) is 7.83. The molecule has 2 saturated heterocycles. The molecule has 0 bridgehead atoms. The fourth-order valence-electron chi connectivity index (χ4n) is 7.36. The second-order valence-electron chi connectivity index (χ2n) is 14.6. The summed E-state index contributed by atoms with van der Waals surface area (Å²) in [6, 6.07) is 8.48. The average molecular weight is 854 g/mol. The molecule has 0 radical (unpaired) electrons. The summed E-state index contributed by atoms with van der Waals surface area (Å²) in [4.78, 5) is 71.4. The molecule has 3 aliphatic heterocycles. The number of carbonyl (C=O) groups excluding carboxylic acids is 4. The highest BCUT2D eigenvalue weighted by atomic mass is 32.2. The Kier molecular flexibility index (Phi) is 11.4. The summed E-state index contributed by atoms with van der Waals surface area (Å²) in [5.74, 6) is -4.10. The molecule has 1 unspecified atom stereocenters. The number of imide groups is 2. The number of hydrogen-bond donors (Lipinski definition) is 3. The molecule has 60 heavy (non-hydrogen) atoms. The van der Waals surface area contributed by atoms with Crippen LogP contribution in [0.2, 0.25) is 0 Å². The Bertz CT molecular complexity index is 2470. The van der Waals surface area contributed by atoms with Gasteiger partial charge in [0.2, 0.25) is 27.8 Å². The van der Waals surface area contributed by atoms with E-state index in [2.05, 4.69) is 40.8 Å². The Balaban J connectivity index is 0.958. The molecular weight excluding hydrogens is 815 g/mol. The third kappa shape index (κ3) is 8.69. The first kappa shape index (κ1) is 41.9. The van der Waals surface area contributed by atoms with Gasteiger partial charge in [-0.2, -0.15) is 18.2 Å². The minimum atomic E-state index is -4.80. The maximum Gasteiger partial charge on any atom is 0.421 e.